The summed E-state index contributed by atoms with van der Waals surface area (Å²) in [4.78, 5) is 40.9. The molecule has 0 radical (unpaired) electrons. The maximum Gasteiger partial charge on any atom is 0.160 e. The number of para-hydroxylation sites is 1. The molecule has 0 fully saturated rings. The summed E-state index contributed by atoms with van der Waals surface area (Å²) < 4.78 is 16.5. The second-order valence-corrected chi connectivity index (χ2v) is 27.8. The van der Waals surface area contributed by atoms with Gasteiger partial charge in [0.1, 0.15) is 28.1 Å². The minimum absolute atomic E-state index is 0.373. The molecule has 17 rings (SSSR count). The lowest BCUT2D eigenvalue weighted by atomic mass is 10.2. The van der Waals surface area contributed by atoms with Crippen LogP contribution in [-0.4, -0.2) is 110 Å². The van der Waals surface area contributed by atoms with Gasteiger partial charge in [0.05, 0.1) is 25.0 Å². The number of rotatable bonds is 9. The second-order valence-electron chi connectivity index (χ2n) is 27.8. The van der Waals surface area contributed by atoms with Crippen LogP contribution >= 0.6 is 0 Å². The topological polar surface area (TPSA) is 197 Å². The molecular weight excluding hydrogens is 1290 g/mol. The molecule has 0 unspecified atom stereocenters. The largest absolute Gasteiger partial charge is 0.354 e. The predicted octanol–water partition coefficient (Wildman–Crippen LogP) is 19.8. The first-order chi connectivity index (χ1) is 50.1. The number of hydrogen-bond acceptors (Lipinski definition) is 13. The van der Waals surface area contributed by atoms with E-state index in [1.165, 1.54) is 33.1 Å². The molecule has 0 atom stereocenters. The highest BCUT2D eigenvalue weighted by molar-refractivity contribution is 5.80. The van der Waals surface area contributed by atoms with E-state index in [2.05, 4.69) is 292 Å². The van der Waals surface area contributed by atoms with Gasteiger partial charge in [-0.15, -0.1) is 0 Å². The SMILES string of the molecule is CC(C)N1CCc2cccnc21.CC(C)n1ccc2ccccc21.CC(C)n1ccc2cccnc21.CC(C)n1ccc2cccnc21.CC(C)n1cccn1.CC(C)n1cnc2cccnc21.CC(C)n1cnc2cccnc21.CC(C)n1ncc2cccnc21.CC(C)n1ncc2cccnc21. The van der Waals surface area contributed by atoms with Gasteiger partial charge in [-0.25, -0.2) is 54.2 Å². The summed E-state index contributed by atoms with van der Waals surface area (Å²) in [7, 11) is 0. The Morgan fingerprint density at radius 1 is 0.279 bits per heavy atom. The maximum absolute atomic E-state index is 4.39. The molecule has 15 aromatic heterocycles. The quantitative estimate of drug-likeness (QED) is 0.132. The molecule has 1 aliphatic rings. The second kappa shape index (κ2) is 37.1. The third-order valence-electron chi connectivity index (χ3n) is 17.2. The summed E-state index contributed by atoms with van der Waals surface area (Å²) in [5.41, 5.74) is 10.7. The normalized spacial score (nSPS) is 11.7. The zero-order chi connectivity index (χ0) is 74.4. The first-order valence-corrected chi connectivity index (χ1v) is 36.3. The minimum Gasteiger partial charge on any atom is -0.354 e. The average Bonchev–Trinajstić information content (AvgIpc) is 1.75. The van der Waals surface area contributed by atoms with Gasteiger partial charge in [-0.05, 0) is 251 Å². The number of aromatic nitrogens is 20. The number of anilines is 1. The molecule has 104 heavy (non-hydrogen) atoms. The van der Waals surface area contributed by atoms with E-state index in [1.807, 2.05) is 137 Å². The van der Waals surface area contributed by atoms with E-state index in [4.69, 9.17) is 0 Å². The summed E-state index contributed by atoms with van der Waals surface area (Å²) in [6.45, 7) is 39.7. The first kappa shape index (κ1) is 76.9. The molecule has 0 bridgehead atoms. The highest BCUT2D eigenvalue weighted by atomic mass is 15.3. The van der Waals surface area contributed by atoms with Crippen molar-refractivity contribution in [3.05, 3.63) is 238 Å². The number of hydrogen-bond donors (Lipinski definition) is 0. The monoisotopic (exact) mass is 1400 g/mol. The maximum atomic E-state index is 4.39. The average molecular weight is 1400 g/mol. The minimum atomic E-state index is 0.373. The van der Waals surface area contributed by atoms with Crippen LogP contribution in [0.4, 0.5) is 5.82 Å². The highest BCUT2D eigenvalue weighted by Crippen LogP contribution is 2.27. The van der Waals surface area contributed by atoms with Crippen molar-refractivity contribution in [3.63, 3.8) is 0 Å². The number of pyridine rings is 7. The molecule has 0 N–H and O–H groups in total. The van der Waals surface area contributed by atoms with Crippen LogP contribution in [0.3, 0.4) is 0 Å². The molecule has 21 heteroatoms. The van der Waals surface area contributed by atoms with Crippen molar-refractivity contribution in [2.24, 2.45) is 0 Å². The molecule has 0 saturated heterocycles. The summed E-state index contributed by atoms with van der Waals surface area (Å²) in [5.74, 6) is 1.19. The molecule has 0 spiro atoms. The van der Waals surface area contributed by atoms with E-state index in [-0.39, 0.29) is 0 Å². The zero-order valence-corrected chi connectivity index (χ0v) is 63.9. The molecule has 1 aromatic carbocycles. The van der Waals surface area contributed by atoms with Gasteiger partial charge in [0.2, 0.25) is 0 Å². The van der Waals surface area contributed by atoms with Crippen LogP contribution in [0.5, 0.6) is 0 Å². The Hall–Kier alpha value is -11.2. The lowest BCUT2D eigenvalue weighted by Crippen LogP contribution is -2.28. The Labute approximate surface area is 612 Å². The van der Waals surface area contributed by atoms with Gasteiger partial charge in [-0.2, -0.15) is 15.3 Å². The van der Waals surface area contributed by atoms with E-state index >= 15 is 0 Å². The molecule has 0 aliphatic carbocycles. The van der Waals surface area contributed by atoms with Gasteiger partial charge in [0, 0.05) is 162 Å². The van der Waals surface area contributed by atoms with Crippen LogP contribution < -0.4 is 4.90 Å². The first-order valence-electron chi connectivity index (χ1n) is 36.3. The molecule has 16 heterocycles. The van der Waals surface area contributed by atoms with Crippen LogP contribution in [0.2, 0.25) is 0 Å². The molecule has 1 aliphatic heterocycles. The smallest absolute Gasteiger partial charge is 0.160 e. The van der Waals surface area contributed by atoms with Crippen molar-refractivity contribution in [2.45, 2.75) is 185 Å². The Bertz CT molecular complexity index is 4400. The van der Waals surface area contributed by atoms with Crippen molar-refractivity contribution in [3.8, 4) is 0 Å². The van der Waals surface area contributed by atoms with E-state index in [0.29, 0.717) is 54.4 Å². The zero-order valence-electron chi connectivity index (χ0n) is 63.9. The Morgan fingerprint density at radius 3 is 1.10 bits per heavy atom. The van der Waals surface area contributed by atoms with Gasteiger partial charge < -0.3 is 27.7 Å². The summed E-state index contributed by atoms with van der Waals surface area (Å²) >= 11 is 0. The molecule has 542 valence electrons. The van der Waals surface area contributed by atoms with E-state index in [9.17, 15) is 0 Å². The van der Waals surface area contributed by atoms with Crippen molar-refractivity contribution < 1.29 is 0 Å². The molecule has 16 aromatic rings. The van der Waals surface area contributed by atoms with Crippen molar-refractivity contribution in [1.82, 2.24) is 97.0 Å². The molecule has 0 saturated carbocycles. The third-order valence-corrected chi connectivity index (χ3v) is 17.2. The summed E-state index contributed by atoms with van der Waals surface area (Å²) in [6.07, 6.45) is 31.3. The number of fused-ring (bicyclic) bond motifs is 8. The van der Waals surface area contributed by atoms with Gasteiger partial charge in [0.25, 0.3) is 0 Å². The van der Waals surface area contributed by atoms with E-state index in [0.717, 1.165) is 68.7 Å². The molecule has 21 nitrogen and oxygen atoms in total. The van der Waals surface area contributed by atoms with Crippen LogP contribution in [-0.2, 0) is 6.42 Å². The molecule has 0 amide bonds. The lowest BCUT2D eigenvalue weighted by molar-refractivity contribution is 0.532. The van der Waals surface area contributed by atoms with Crippen LogP contribution in [0.25, 0.3) is 77.4 Å². The Kier molecular flexibility index (Phi) is 27.5. The van der Waals surface area contributed by atoms with Gasteiger partial charge in [-0.1, -0.05) is 24.3 Å². The van der Waals surface area contributed by atoms with Crippen LogP contribution in [0.15, 0.2) is 233 Å². The third kappa shape index (κ3) is 19.9. The van der Waals surface area contributed by atoms with Crippen LogP contribution in [0.1, 0.15) is 179 Å². The van der Waals surface area contributed by atoms with Crippen molar-refractivity contribution in [1.29, 1.82) is 0 Å². The van der Waals surface area contributed by atoms with Gasteiger partial charge in [0.15, 0.2) is 22.6 Å². The van der Waals surface area contributed by atoms with Crippen LogP contribution in [0, 0.1) is 0 Å². The fourth-order valence-electron chi connectivity index (χ4n) is 11.7. The van der Waals surface area contributed by atoms with Crippen molar-refractivity contribution in [2.75, 3.05) is 11.4 Å². The van der Waals surface area contributed by atoms with E-state index in [1.54, 1.807) is 31.0 Å². The fourth-order valence-corrected chi connectivity index (χ4v) is 11.7. The Morgan fingerprint density at radius 2 is 0.673 bits per heavy atom. The van der Waals surface area contributed by atoms with Gasteiger partial charge in [-0.3, -0.25) is 4.68 Å². The standard InChI is InChI=1S/C11H13N.C10H14N2.2C10H12N2.4C9H11N3.C6H10N2/c1-9(2)12-8-7-10-5-3-4-6-11(10)12;3*1-8(2)12-7-5-9-4-3-6-11-10(9)12;2*1-7(2)12-6-11-8-4-3-5-10-9(8)12;2*1-7(2)12-9-8(6-11-12)4-3-5-10-9;1-6(2)8-5-3-4-7-8/h3-9H,1-2H3;3-4,6,8H,5,7H2,1-2H3;2*3-8H,1-2H3;4*3-7H,1-2H3;3-6H,1-2H3. The molecular formula is C83H105N21. The Balaban J connectivity index is 0.000000136. The summed E-state index contributed by atoms with van der Waals surface area (Å²) in [5, 5.41) is 18.5. The van der Waals surface area contributed by atoms with Gasteiger partial charge >= 0.3 is 0 Å². The lowest BCUT2D eigenvalue weighted by Gasteiger charge is -2.22. The fraction of sp³-hybridized carbons (Fsp3) is 0.349. The number of benzene rings is 1. The number of imidazole rings is 2. The summed E-state index contributed by atoms with van der Waals surface area (Å²) in [6, 6.07) is 48.9. The van der Waals surface area contributed by atoms with Crippen molar-refractivity contribution >= 4 is 83.2 Å². The number of nitrogens with zero attached hydrogens (tertiary/aromatic N) is 21. The van der Waals surface area contributed by atoms with E-state index < -0.39 is 0 Å². The predicted molar refractivity (Wildman–Crippen MR) is 427 cm³/mol. The highest BCUT2D eigenvalue weighted by Gasteiger charge is 2.21.